The normalized spacial score (nSPS) is 12.4. The van der Waals surface area contributed by atoms with Gasteiger partial charge in [0.1, 0.15) is 12.4 Å². The van der Waals surface area contributed by atoms with Crippen LogP contribution in [0.5, 0.6) is 5.75 Å². The minimum Gasteiger partial charge on any atom is -0.486 e. The third-order valence-corrected chi connectivity index (χ3v) is 4.69. The minimum atomic E-state index is 0.134. The molecule has 114 valence electrons. The van der Waals surface area contributed by atoms with Crippen molar-refractivity contribution in [2.75, 3.05) is 0 Å². The van der Waals surface area contributed by atoms with Gasteiger partial charge in [-0.05, 0) is 44.0 Å². The summed E-state index contributed by atoms with van der Waals surface area (Å²) < 4.78 is 5.97. The van der Waals surface area contributed by atoms with Crippen molar-refractivity contribution in [3.8, 4) is 5.75 Å². The summed E-state index contributed by atoms with van der Waals surface area (Å²) in [4.78, 5) is 7.23. The first-order valence-electron chi connectivity index (χ1n) is 7.54. The number of nitrogens with two attached hydrogens (primary N) is 1. The Bertz CT molecular complexity index is 580. The maximum atomic E-state index is 6.06. The number of ether oxygens (including phenoxy) is 1. The molecule has 2 heterocycles. The highest BCUT2D eigenvalue weighted by Crippen LogP contribution is 2.23. The molecule has 0 saturated carbocycles. The van der Waals surface area contributed by atoms with Crippen molar-refractivity contribution >= 4 is 11.3 Å². The average molecular weight is 304 g/mol. The molecule has 0 spiro atoms. The zero-order chi connectivity index (χ0) is 15.2. The van der Waals surface area contributed by atoms with E-state index in [1.807, 2.05) is 30.4 Å². The first-order chi connectivity index (χ1) is 10.1. The van der Waals surface area contributed by atoms with Crippen molar-refractivity contribution < 1.29 is 4.74 Å². The molecule has 3 nitrogen and oxygen atoms in total. The fourth-order valence-electron chi connectivity index (χ4n) is 2.11. The third kappa shape index (κ3) is 4.55. The Morgan fingerprint density at radius 2 is 1.95 bits per heavy atom. The van der Waals surface area contributed by atoms with Gasteiger partial charge in [0.2, 0.25) is 0 Å². The van der Waals surface area contributed by atoms with Gasteiger partial charge in [-0.3, -0.25) is 4.98 Å². The Labute approximate surface area is 131 Å². The van der Waals surface area contributed by atoms with Gasteiger partial charge >= 0.3 is 0 Å². The predicted octanol–water partition coefficient (Wildman–Crippen LogP) is 3.87. The molecule has 1 unspecified atom stereocenters. The Morgan fingerprint density at radius 1 is 1.19 bits per heavy atom. The van der Waals surface area contributed by atoms with Gasteiger partial charge < -0.3 is 10.5 Å². The summed E-state index contributed by atoms with van der Waals surface area (Å²) in [6.45, 7) is 6.87. The molecule has 21 heavy (non-hydrogen) atoms. The summed E-state index contributed by atoms with van der Waals surface area (Å²) in [5.41, 5.74) is 8.03. The fraction of sp³-hybridized carbons (Fsp3) is 0.471. The zero-order valence-electron chi connectivity index (χ0n) is 13.1. The second-order valence-corrected chi connectivity index (χ2v) is 6.53. The van der Waals surface area contributed by atoms with E-state index in [9.17, 15) is 0 Å². The summed E-state index contributed by atoms with van der Waals surface area (Å²) in [6.07, 6.45) is 2.78. The lowest BCUT2D eigenvalue weighted by atomic mass is 10.1. The third-order valence-electron chi connectivity index (χ3n) is 3.49. The molecular weight excluding hydrogens is 280 g/mol. The van der Waals surface area contributed by atoms with E-state index in [4.69, 9.17) is 10.5 Å². The fourth-order valence-corrected chi connectivity index (χ4v) is 2.98. The van der Waals surface area contributed by atoms with E-state index >= 15 is 0 Å². The molecule has 2 N–H and O–H groups in total. The predicted molar refractivity (Wildman–Crippen MR) is 89.0 cm³/mol. The highest BCUT2D eigenvalue weighted by Gasteiger charge is 2.11. The molecule has 0 saturated heterocycles. The molecular formula is C17H24N2OS. The van der Waals surface area contributed by atoms with Crippen LogP contribution in [0.2, 0.25) is 0 Å². The van der Waals surface area contributed by atoms with Crippen LogP contribution in [0, 0.1) is 6.92 Å². The highest BCUT2D eigenvalue weighted by atomic mass is 32.1. The molecule has 0 aliphatic heterocycles. The summed E-state index contributed by atoms with van der Waals surface area (Å²) in [5, 5.41) is 0. The Hall–Kier alpha value is -1.39. The van der Waals surface area contributed by atoms with Crippen molar-refractivity contribution in [3.63, 3.8) is 0 Å². The summed E-state index contributed by atoms with van der Waals surface area (Å²) in [5.74, 6) is 0.857. The zero-order valence-corrected chi connectivity index (χ0v) is 13.9. The van der Waals surface area contributed by atoms with Gasteiger partial charge in [0.05, 0.1) is 5.69 Å². The van der Waals surface area contributed by atoms with Crippen LogP contribution in [0.3, 0.4) is 0 Å². The second-order valence-electron chi connectivity index (χ2n) is 5.28. The van der Waals surface area contributed by atoms with E-state index in [1.54, 1.807) is 0 Å². The van der Waals surface area contributed by atoms with E-state index in [2.05, 4.69) is 31.0 Å². The molecule has 0 aromatic carbocycles. The SMILES string of the molecule is CCc1ccc(COc2ccc(C)nc2CC(N)CC)s1. The van der Waals surface area contributed by atoms with Gasteiger partial charge in [0.25, 0.3) is 0 Å². The van der Waals surface area contributed by atoms with Crippen LogP contribution >= 0.6 is 11.3 Å². The van der Waals surface area contributed by atoms with E-state index in [-0.39, 0.29) is 6.04 Å². The van der Waals surface area contributed by atoms with Crippen LogP contribution in [0.4, 0.5) is 0 Å². The van der Waals surface area contributed by atoms with E-state index in [0.717, 1.165) is 36.4 Å². The molecule has 0 radical (unpaired) electrons. The lowest BCUT2D eigenvalue weighted by Gasteiger charge is -2.14. The van der Waals surface area contributed by atoms with Gasteiger partial charge in [-0.1, -0.05) is 13.8 Å². The van der Waals surface area contributed by atoms with Crippen molar-refractivity contribution in [1.82, 2.24) is 4.98 Å². The maximum Gasteiger partial charge on any atom is 0.141 e. The summed E-state index contributed by atoms with van der Waals surface area (Å²) >= 11 is 1.81. The number of pyridine rings is 1. The Morgan fingerprint density at radius 3 is 2.62 bits per heavy atom. The smallest absolute Gasteiger partial charge is 0.141 e. The lowest BCUT2D eigenvalue weighted by Crippen LogP contribution is -2.22. The second kappa shape index (κ2) is 7.57. The molecule has 0 aliphatic rings. The number of hydrogen-bond donors (Lipinski definition) is 1. The van der Waals surface area contributed by atoms with Gasteiger partial charge in [-0.25, -0.2) is 0 Å². The van der Waals surface area contributed by atoms with Crippen molar-refractivity contribution in [1.29, 1.82) is 0 Å². The Balaban J connectivity index is 2.07. The molecule has 2 aromatic rings. The summed E-state index contributed by atoms with van der Waals surface area (Å²) in [6, 6.07) is 8.44. The number of rotatable bonds is 7. The van der Waals surface area contributed by atoms with Crippen molar-refractivity contribution in [2.24, 2.45) is 5.73 Å². The van der Waals surface area contributed by atoms with Crippen LogP contribution in [-0.4, -0.2) is 11.0 Å². The Kier molecular flexibility index (Phi) is 5.76. The van der Waals surface area contributed by atoms with Crippen molar-refractivity contribution in [3.05, 3.63) is 45.4 Å². The maximum absolute atomic E-state index is 6.06. The molecule has 4 heteroatoms. The van der Waals surface area contributed by atoms with E-state index < -0.39 is 0 Å². The van der Waals surface area contributed by atoms with Crippen LogP contribution in [0.15, 0.2) is 24.3 Å². The first-order valence-corrected chi connectivity index (χ1v) is 8.36. The van der Waals surface area contributed by atoms with Crippen LogP contribution in [0.25, 0.3) is 0 Å². The van der Waals surface area contributed by atoms with Gasteiger partial charge in [0, 0.05) is 27.9 Å². The molecule has 2 rings (SSSR count). The molecule has 2 aromatic heterocycles. The van der Waals surface area contributed by atoms with Gasteiger partial charge in [0.15, 0.2) is 0 Å². The first kappa shape index (κ1) is 16.0. The standard InChI is InChI=1S/C17H24N2OS/c1-4-13(18)10-16-17(9-6-12(3)19-16)20-11-15-8-7-14(5-2)21-15/h6-9,13H,4-5,10-11,18H2,1-3H3. The number of aryl methyl sites for hydroxylation is 2. The largest absolute Gasteiger partial charge is 0.486 e. The van der Waals surface area contributed by atoms with E-state index in [0.29, 0.717) is 6.61 Å². The number of thiophene rings is 1. The topological polar surface area (TPSA) is 48.1 Å². The van der Waals surface area contributed by atoms with Crippen LogP contribution < -0.4 is 10.5 Å². The molecule has 0 aliphatic carbocycles. The summed E-state index contributed by atoms with van der Waals surface area (Å²) in [7, 11) is 0. The quantitative estimate of drug-likeness (QED) is 0.844. The number of nitrogens with zero attached hydrogens (tertiary/aromatic N) is 1. The minimum absolute atomic E-state index is 0.134. The lowest BCUT2D eigenvalue weighted by molar-refractivity contribution is 0.303. The van der Waals surface area contributed by atoms with E-state index in [1.165, 1.54) is 9.75 Å². The van der Waals surface area contributed by atoms with Gasteiger partial charge in [-0.2, -0.15) is 0 Å². The number of hydrogen-bond acceptors (Lipinski definition) is 4. The van der Waals surface area contributed by atoms with Crippen LogP contribution in [-0.2, 0) is 19.4 Å². The monoisotopic (exact) mass is 304 g/mol. The molecule has 0 amide bonds. The van der Waals surface area contributed by atoms with Gasteiger partial charge in [-0.15, -0.1) is 11.3 Å². The molecule has 0 bridgehead atoms. The average Bonchev–Trinajstić information content (AvgIpc) is 2.94. The molecule has 1 atom stereocenters. The number of aromatic nitrogens is 1. The highest BCUT2D eigenvalue weighted by molar-refractivity contribution is 7.11. The molecule has 0 fully saturated rings. The van der Waals surface area contributed by atoms with Crippen molar-refractivity contribution in [2.45, 2.75) is 52.7 Å². The van der Waals surface area contributed by atoms with Crippen LogP contribution in [0.1, 0.15) is 41.4 Å².